The van der Waals surface area contributed by atoms with Gasteiger partial charge in [0.15, 0.2) is 0 Å². The number of halogens is 1. The number of amides is 1. The standard InChI is InChI=1S/C14H17ClN2O/c1-9-4-6-14(7-5-9)13(18)16-12-8-10(15)2-3-11(12)17-14/h2-3,8-9,17H,4-7H2,1H3,(H,16,18). The first kappa shape index (κ1) is 11.8. The fourth-order valence-corrected chi connectivity index (χ4v) is 3.06. The topological polar surface area (TPSA) is 41.1 Å². The Hall–Kier alpha value is -1.22. The van der Waals surface area contributed by atoms with Crippen LogP contribution in [0.5, 0.6) is 0 Å². The molecule has 0 saturated heterocycles. The molecule has 1 fully saturated rings. The normalized spacial score (nSPS) is 30.6. The summed E-state index contributed by atoms with van der Waals surface area (Å²) >= 11 is 5.94. The number of carbonyl (C=O) groups is 1. The molecule has 96 valence electrons. The van der Waals surface area contributed by atoms with Gasteiger partial charge in [0.25, 0.3) is 0 Å². The molecule has 1 spiro atoms. The van der Waals surface area contributed by atoms with Crippen LogP contribution in [0.1, 0.15) is 32.6 Å². The van der Waals surface area contributed by atoms with E-state index < -0.39 is 5.54 Å². The lowest BCUT2D eigenvalue weighted by Crippen LogP contribution is -2.54. The van der Waals surface area contributed by atoms with Crippen LogP contribution in [0.15, 0.2) is 18.2 Å². The Balaban J connectivity index is 1.92. The molecule has 3 rings (SSSR count). The molecule has 3 nitrogen and oxygen atoms in total. The van der Waals surface area contributed by atoms with Crippen molar-refractivity contribution < 1.29 is 4.79 Å². The van der Waals surface area contributed by atoms with Crippen molar-refractivity contribution in [3.8, 4) is 0 Å². The zero-order chi connectivity index (χ0) is 12.8. The minimum absolute atomic E-state index is 0.0872. The van der Waals surface area contributed by atoms with Crippen LogP contribution in [0.25, 0.3) is 0 Å². The molecule has 1 amide bonds. The van der Waals surface area contributed by atoms with Crippen LogP contribution >= 0.6 is 11.6 Å². The third-order valence-corrected chi connectivity index (χ3v) is 4.40. The van der Waals surface area contributed by atoms with E-state index in [0.717, 1.165) is 43.0 Å². The third kappa shape index (κ3) is 1.87. The fourth-order valence-electron chi connectivity index (χ4n) is 2.89. The van der Waals surface area contributed by atoms with Crippen molar-refractivity contribution in [2.45, 2.75) is 38.1 Å². The summed E-state index contributed by atoms with van der Waals surface area (Å²) in [5.74, 6) is 0.806. The highest BCUT2D eigenvalue weighted by Crippen LogP contribution is 2.41. The fraction of sp³-hybridized carbons (Fsp3) is 0.500. The predicted molar refractivity (Wildman–Crippen MR) is 74.1 cm³/mol. The number of anilines is 2. The average Bonchev–Trinajstić information content (AvgIpc) is 2.35. The first-order valence-corrected chi connectivity index (χ1v) is 6.86. The first-order chi connectivity index (χ1) is 8.59. The Kier molecular flexibility index (Phi) is 2.74. The molecule has 0 bridgehead atoms. The third-order valence-electron chi connectivity index (χ3n) is 4.17. The Morgan fingerprint density at radius 1 is 1.28 bits per heavy atom. The van der Waals surface area contributed by atoms with E-state index in [0.29, 0.717) is 5.02 Å². The molecule has 2 N–H and O–H groups in total. The van der Waals surface area contributed by atoms with Crippen LogP contribution < -0.4 is 10.6 Å². The summed E-state index contributed by atoms with van der Waals surface area (Å²) in [6.07, 6.45) is 4.01. The van der Waals surface area contributed by atoms with E-state index in [-0.39, 0.29) is 5.91 Å². The predicted octanol–water partition coefficient (Wildman–Crippen LogP) is 3.65. The number of hydrogen-bond acceptors (Lipinski definition) is 2. The lowest BCUT2D eigenvalue weighted by molar-refractivity contribution is -0.121. The van der Waals surface area contributed by atoms with Crippen LogP contribution in [0.3, 0.4) is 0 Å². The van der Waals surface area contributed by atoms with Crippen molar-refractivity contribution in [1.82, 2.24) is 0 Å². The summed E-state index contributed by atoms with van der Waals surface area (Å²) < 4.78 is 0. The molecule has 0 aromatic heterocycles. The van der Waals surface area contributed by atoms with E-state index in [1.165, 1.54) is 0 Å². The smallest absolute Gasteiger partial charge is 0.250 e. The summed E-state index contributed by atoms with van der Waals surface area (Å²) in [6.45, 7) is 2.25. The lowest BCUT2D eigenvalue weighted by atomic mass is 9.75. The summed E-state index contributed by atoms with van der Waals surface area (Å²) in [5, 5.41) is 7.07. The second-order valence-electron chi connectivity index (χ2n) is 5.53. The zero-order valence-electron chi connectivity index (χ0n) is 10.4. The van der Waals surface area contributed by atoms with Crippen molar-refractivity contribution in [2.75, 3.05) is 10.6 Å². The first-order valence-electron chi connectivity index (χ1n) is 6.48. The van der Waals surface area contributed by atoms with Crippen LogP contribution in [-0.2, 0) is 4.79 Å². The number of hydrogen-bond donors (Lipinski definition) is 2. The quantitative estimate of drug-likeness (QED) is 0.751. The largest absolute Gasteiger partial charge is 0.370 e. The van der Waals surface area contributed by atoms with E-state index in [2.05, 4.69) is 17.6 Å². The number of benzene rings is 1. The lowest BCUT2D eigenvalue weighted by Gasteiger charge is -2.42. The second kappa shape index (κ2) is 4.16. The van der Waals surface area contributed by atoms with Gasteiger partial charge in [0.05, 0.1) is 11.4 Å². The molecule has 2 aliphatic rings. The van der Waals surface area contributed by atoms with Gasteiger partial charge in [-0.25, -0.2) is 0 Å². The molecule has 18 heavy (non-hydrogen) atoms. The van der Waals surface area contributed by atoms with Gasteiger partial charge in [0.1, 0.15) is 5.54 Å². The van der Waals surface area contributed by atoms with E-state index in [1.807, 2.05) is 12.1 Å². The molecule has 1 aromatic carbocycles. The van der Waals surface area contributed by atoms with E-state index in [4.69, 9.17) is 11.6 Å². The van der Waals surface area contributed by atoms with Crippen LogP contribution in [0, 0.1) is 5.92 Å². The number of fused-ring (bicyclic) bond motifs is 1. The maximum absolute atomic E-state index is 12.3. The van der Waals surface area contributed by atoms with Gasteiger partial charge >= 0.3 is 0 Å². The second-order valence-corrected chi connectivity index (χ2v) is 5.97. The highest BCUT2D eigenvalue weighted by Gasteiger charge is 2.43. The van der Waals surface area contributed by atoms with Gasteiger partial charge in [0, 0.05) is 5.02 Å². The molecule has 1 aromatic rings. The molecule has 0 atom stereocenters. The van der Waals surface area contributed by atoms with Crippen molar-refractivity contribution in [3.63, 3.8) is 0 Å². The molecular formula is C14H17ClN2O. The highest BCUT2D eigenvalue weighted by molar-refractivity contribution is 6.31. The zero-order valence-corrected chi connectivity index (χ0v) is 11.2. The molecule has 0 unspecified atom stereocenters. The summed E-state index contributed by atoms with van der Waals surface area (Å²) in [6, 6.07) is 5.58. The van der Waals surface area contributed by atoms with Crippen molar-refractivity contribution in [3.05, 3.63) is 23.2 Å². The van der Waals surface area contributed by atoms with Crippen LogP contribution in [0.4, 0.5) is 11.4 Å². The minimum atomic E-state index is -0.409. The highest BCUT2D eigenvalue weighted by atomic mass is 35.5. The van der Waals surface area contributed by atoms with Gasteiger partial charge < -0.3 is 10.6 Å². The van der Waals surface area contributed by atoms with Gasteiger partial charge in [-0.05, 0) is 49.8 Å². The van der Waals surface area contributed by atoms with Crippen molar-refractivity contribution >= 4 is 28.9 Å². The monoisotopic (exact) mass is 264 g/mol. The Morgan fingerprint density at radius 2 is 2.00 bits per heavy atom. The molecule has 1 aliphatic heterocycles. The van der Waals surface area contributed by atoms with Gasteiger partial charge in [-0.3, -0.25) is 4.79 Å². The van der Waals surface area contributed by atoms with Gasteiger partial charge in [-0.1, -0.05) is 18.5 Å². The molecule has 1 heterocycles. The Morgan fingerprint density at radius 3 is 2.72 bits per heavy atom. The molecule has 0 radical (unpaired) electrons. The van der Waals surface area contributed by atoms with Crippen LogP contribution in [-0.4, -0.2) is 11.4 Å². The maximum Gasteiger partial charge on any atom is 0.250 e. The number of nitrogens with one attached hydrogen (secondary N) is 2. The molecular weight excluding hydrogens is 248 g/mol. The Bertz CT molecular complexity index is 493. The van der Waals surface area contributed by atoms with E-state index in [9.17, 15) is 4.79 Å². The summed E-state index contributed by atoms with van der Waals surface area (Å²) in [7, 11) is 0. The maximum atomic E-state index is 12.3. The SMILES string of the molecule is CC1CCC2(CC1)Nc1ccc(Cl)cc1NC2=O. The van der Waals surface area contributed by atoms with Crippen LogP contribution in [0.2, 0.25) is 5.02 Å². The molecule has 4 heteroatoms. The van der Waals surface area contributed by atoms with E-state index in [1.54, 1.807) is 6.07 Å². The average molecular weight is 265 g/mol. The summed E-state index contributed by atoms with van der Waals surface area (Å²) in [4.78, 5) is 12.3. The van der Waals surface area contributed by atoms with Gasteiger partial charge in [0.2, 0.25) is 5.91 Å². The number of rotatable bonds is 0. The number of carbonyl (C=O) groups excluding carboxylic acids is 1. The van der Waals surface area contributed by atoms with E-state index >= 15 is 0 Å². The summed E-state index contributed by atoms with van der Waals surface area (Å²) in [5.41, 5.74) is 1.36. The van der Waals surface area contributed by atoms with Crippen molar-refractivity contribution in [1.29, 1.82) is 0 Å². The van der Waals surface area contributed by atoms with Gasteiger partial charge in [-0.15, -0.1) is 0 Å². The van der Waals surface area contributed by atoms with Crippen molar-refractivity contribution in [2.24, 2.45) is 5.92 Å². The Labute approximate surface area is 112 Å². The minimum Gasteiger partial charge on any atom is -0.370 e. The molecule has 1 aliphatic carbocycles. The van der Waals surface area contributed by atoms with Gasteiger partial charge in [-0.2, -0.15) is 0 Å². The molecule has 1 saturated carbocycles.